The predicted molar refractivity (Wildman–Crippen MR) is 106 cm³/mol. The van der Waals surface area contributed by atoms with Crippen LogP contribution in [-0.4, -0.2) is 22.0 Å². The van der Waals surface area contributed by atoms with Crippen molar-refractivity contribution in [3.05, 3.63) is 65.7 Å². The Morgan fingerprint density at radius 3 is 2.69 bits per heavy atom. The first kappa shape index (κ1) is 20.3. The summed E-state index contributed by atoms with van der Waals surface area (Å²) in [5.74, 6) is 1.58. The van der Waals surface area contributed by atoms with Crippen molar-refractivity contribution in [2.75, 3.05) is 5.32 Å². The van der Waals surface area contributed by atoms with Crippen molar-refractivity contribution in [3.63, 3.8) is 0 Å². The maximum atomic E-state index is 12.5. The van der Waals surface area contributed by atoms with Gasteiger partial charge in [-0.25, -0.2) is 0 Å². The lowest BCUT2D eigenvalue weighted by molar-refractivity contribution is -0.116. The standard InChI is InChI=1S/C21H24N4O4/c1-14(2)20-24-19(29-25-20)11-5-10-18(26)23-17-9-4-3-8-16(17)21(27)22-13-15-7-6-12-28-15/h3-4,6-9,12,14H,5,10-11,13H2,1-2H3,(H,22,27)(H,23,26). The van der Waals surface area contributed by atoms with Crippen LogP contribution in [0, 0.1) is 0 Å². The fraction of sp³-hybridized carbons (Fsp3) is 0.333. The van der Waals surface area contributed by atoms with Crippen molar-refractivity contribution in [2.45, 2.75) is 45.6 Å². The van der Waals surface area contributed by atoms with Crippen LogP contribution in [0.2, 0.25) is 0 Å². The number of carbonyl (C=O) groups excluding carboxylic acids is 2. The molecule has 0 radical (unpaired) electrons. The van der Waals surface area contributed by atoms with E-state index in [9.17, 15) is 9.59 Å². The van der Waals surface area contributed by atoms with Gasteiger partial charge < -0.3 is 19.6 Å². The maximum absolute atomic E-state index is 12.5. The Hall–Kier alpha value is -3.42. The van der Waals surface area contributed by atoms with Gasteiger partial charge in [0, 0.05) is 18.8 Å². The molecule has 2 heterocycles. The second-order valence-corrected chi connectivity index (χ2v) is 6.91. The highest BCUT2D eigenvalue weighted by Crippen LogP contribution is 2.16. The van der Waals surface area contributed by atoms with Crippen molar-refractivity contribution >= 4 is 17.5 Å². The molecule has 0 saturated heterocycles. The molecule has 29 heavy (non-hydrogen) atoms. The van der Waals surface area contributed by atoms with Gasteiger partial charge in [-0.2, -0.15) is 4.98 Å². The third kappa shape index (κ3) is 5.78. The second kappa shape index (κ2) is 9.68. The van der Waals surface area contributed by atoms with Gasteiger partial charge in [0.25, 0.3) is 5.91 Å². The molecule has 0 unspecified atom stereocenters. The van der Waals surface area contributed by atoms with Crippen LogP contribution in [0.5, 0.6) is 0 Å². The summed E-state index contributed by atoms with van der Waals surface area (Å²) >= 11 is 0. The van der Waals surface area contributed by atoms with E-state index in [1.807, 2.05) is 13.8 Å². The van der Waals surface area contributed by atoms with Crippen LogP contribution in [0.25, 0.3) is 0 Å². The normalized spacial score (nSPS) is 10.9. The van der Waals surface area contributed by atoms with E-state index in [0.29, 0.717) is 41.6 Å². The Kier molecular flexibility index (Phi) is 6.78. The van der Waals surface area contributed by atoms with E-state index in [4.69, 9.17) is 8.94 Å². The first-order valence-electron chi connectivity index (χ1n) is 9.55. The van der Waals surface area contributed by atoms with Crippen LogP contribution in [0.1, 0.15) is 60.4 Å². The van der Waals surface area contributed by atoms with E-state index >= 15 is 0 Å². The number of aryl methyl sites for hydroxylation is 1. The van der Waals surface area contributed by atoms with Crippen LogP contribution in [0.3, 0.4) is 0 Å². The number of benzene rings is 1. The number of anilines is 1. The van der Waals surface area contributed by atoms with Gasteiger partial charge in [0.15, 0.2) is 5.82 Å². The van der Waals surface area contributed by atoms with Gasteiger partial charge in [0.05, 0.1) is 24.1 Å². The summed E-state index contributed by atoms with van der Waals surface area (Å²) in [5, 5.41) is 9.49. The van der Waals surface area contributed by atoms with Crippen molar-refractivity contribution < 1.29 is 18.5 Å². The number of furan rings is 1. The molecule has 2 amide bonds. The average molecular weight is 396 g/mol. The fourth-order valence-corrected chi connectivity index (χ4v) is 2.68. The van der Waals surface area contributed by atoms with Crippen LogP contribution in [0.15, 0.2) is 51.6 Å². The zero-order valence-corrected chi connectivity index (χ0v) is 16.5. The highest BCUT2D eigenvalue weighted by molar-refractivity contribution is 6.03. The van der Waals surface area contributed by atoms with Crippen molar-refractivity contribution in [3.8, 4) is 0 Å². The maximum Gasteiger partial charge on any atom is 0.253 e. The molecule has 3 aromatic rings. The molecule has 8 heteroatoms. The SMILES string of the molecule is CC(C)c1noc(CCCC(=O)Nc2ccccc2C(=O)NCc2ccco2)n1. The second-order valence-electron chi connectivity index (χ2n) is 6.91. The lowest BCUT2D eigenvalue weighted by Crippen LogP contribution is -2.24. The smallest absolute Gasteiger partial charge is 0.253 e. The molecule has 1 aromatic carbocycles. The molecule has 0 atom stereocenters. The Bertz CT molecular complexity index is 947. The minimum Gasteiger partial charge on any atom is -0.467 e. The molecule has 8 nitrogen and oxygen atoms in total. The van der Waals surface area contributed by atoms with Gasteiger partial charge in [-0.3, -0.25) is 9.59 Å². The van der Waals surface area contributed by atoms with Gasteiger partial charge in [-0.1, -0.05) is 31.1 Å². The lowest BCUT2D eigenvalue weighted by Gasteiger charge is -2.11. The first-order valence-corrected chi connectivity index (χ1v) is 9.55. The fourth-order valence-electron chi connectivity index (χ4n) is 2.68. The molecule has 2 N–H and O–H groups in total. The number of para-hydroxylation sites is 1. The van der Waals surface area contributed by atoms with E-state index in [1.165, 1.54) is 0 Å². The minimum absolute atomic E-state index is 0.181. The minimum atomic E-state index is -0.288. The molecule has 0 fully saturated rings. The molecular formula is C21H24N4O4. The van der Waals surface area contributed by atoms with Crippen molar-refractivity contribution in [1.82, 2.24) is 15.5 Å². The molecular weight excluding hydrogens is 372 g/mol. The first-order chi connectivity index (χ1) is 14.0. The number of carbonyl (C=O) groups is 2. The van der Waals surface area contributed by atoms with Gasteiger partial charge in [-0.05, 0) is 30.7 Å². The Labute approximate surface area is 168 Å². The number of hydrogen-bond donors (Lipinski definition) is 2. The highest BCUT2D eigenvalue weighted by atomic mass is 16.5. The third-order valence-corrected chi connectivity index (χ3v) is 4.24. The van der Waals surface area contributed by atoms with E-state index < -0.39 is 0 Å². The van der Waals surface area contributed by atoms with Crippen LogP contribution in [-0.2, 0) is 17.8 Å². The number of nitrogens with one attached hydrogen (secondary N) is 2. The topological polar surface area (TPSA) is 110 Å². The van der Waals surface area contributed by atoms with Gasteiger partial charge in [-0.15, -0.1) is 0 Å². The summed E-state index contributed by atoms with van der Waals surface area (Å²) in [6, 6.07) is 10.4. The number of rotatable bonds is 9. The summed E-state index contributed by atoms with van der Waals surface area (Å²) in [6.07, 6.45) is 2.92. The monoisotopic (exact) mass is 396 g/mol. The van der Waals surface area contributed by atoms with E-state index in [-0.39, 0.29) is 30.7 Å². The highest BCUT2D eigenvalue weighted by Gasteiger charge is 2.14. The zero-order chi connectivity index (χ0) is 20.6. The molecule has 0 bridgehead atoms. The van der Waals surface area contributed by atoms with Crippen molar-refractivity contribution in [1.29, 1.82) is 0 Å². The van der Waals surface area contributed by atoms with Crippen LogP contribution in [0.4, 0.5) is 5.69 Å². The molecule has 0 aliphatic heterocycles. The van der Waals surface area contributed by atoms with Gasteiger partial charge >= 0.3 is 0 Å². The quantitative estimate of drug-likeness (QED) is 0.571. The molecule has 152 valence electrons. The zero-order valence-electron chi connectivity index (χ0n) is 16.5. The molecule has 3 rings (SSSR count). The summed E-state index contributed by atoms with van der Waals surface area (Å²) < 4.78 is 10.4. The predicted octanol–water partition coefficient (Wildman–Crippen LogP) is 3.68. The summed E-state index contributed by atoms with van der Waals surface area (Å²) in [6.45, 7) is 4.26. The Morgan fingerprint density at radius 1 is 1.14 bits per heavy atom. The summed E-state index contributed by atoms with van der Waals surface area (Å²) in [5.41, 5.74) is 0.861. The van der Waals surface area contributed by atoms with Gasteiger partial charge in [0.1, 0.15) is 5.76 Å². The summed E-state index contributed by atoms with van der Waals surface area (Å²) in [4.78, 5) is 29.1. The molecule has 2 aromatic heterocycles. The summed E-state index contributed by atoms with van der Waals surface area (Å²) in [7, 11) is 0. The number of hydrogen-bond acceptors (Lipinski definition) is 6. The Balaban J connectivity index is 1.51. The van der Waals surface area contributed by atoms with Crippen LogP contribution < -0.4 is 10.6 Å². The molecule has 0 saturated carbocycles. The molecule has 0 aliphatic carbocycles. The third-order valence-electron chi connectivity index (χ3n) is 4.24. The molecule has 0 aliphatic rings. The average Bonchev–Trinajstić information content (AvgIpc) is 3.38. The van der Waals surface area contributed by atoms with E-state index in [2.05, 4.69) is 20.8 Å². The number of nitrogens with zero attached hydrogens (tertiary/aromatic N) is 2. The number of amides is 2. The Morgan fingerprint density at radius 2 is 1.97 bits per heavy atom. The number of aromatic nitrogens is 2. The largest absolute Gasteiger partial charge is 0.467 e. The van der Waals surface area contributed by atoms with Gasteiger partial charge in [0.2, 0.25) is 11.8 Å². The lowest BCUT2D eigenvalue weighted by atomic mass is 10.1. The van der Waals surface area contributed by atoms with Crippen molar-refractivity contribution in [2.24, 2.45) is 0 Å². The van der Waals surface area contributed by atoms with E-state index in [1.54, 1.807) is 42.7 Å². The van der Waals surface area contributed by atoms with E-state index in [0.717, 1.165) is 0 Å². The molecule has 0 spiro atoms. The van der Waals surface area contributed by atoms with Crippen LogP contribution >= 0.6 is 0 Å².